The van der Waals surface area contributed by atoms with Crippen molar-refractivity contribution < 1.29 is 9.47 Å². The molecule has 2 heterocycles. The molecule has 1 N–H and O–H groups in total. The molecule has 3 fully saturated rings. The molecule has 0 aromatic carbocycles. The van der Waals surface area contributed by atoms with E-state index < -0.39 is 0 Å². The Labute approximate surface area is 123 Å². The highest BCUT2D eigenvalue weighted by Gasteiger charge is 2.38. The van der Waals surface area contributed by atoms with Gasteiger partial charge in [-0.3, -0.25) is 4.90 Å². The molecule has 0 aromatic heterocycles. The summed E-state index contributed by atoms with van der Waals surface area (Å²) in [5.41, 5.74) is 0. The van der Waals surface area contributed by atoms with Gasteiger partial charge in [-0.1, -0.05) is 6.92 Å². The van der Waals surface area contributed by atoms with Gasteiger partial charge in [-0.15, -0.1) is 0 Å². The van der Waals surface area contributed by atoms with Crippen LogP contribution in [0.3, 0.4) is 0 Å². The molecule has 2 aliphatic heterocycles. The van der Waals surface area contributed by atoms with Crippen molar-refractivity contribution in [2.75, 3.05) is 39.5 Å². The van der Waals surface area contributed by atoms with Crippen LogP contribution in [-0.2, 0) is 9.47 Å². The summed E-state index contributed by atoms with van der Waals surface area (Å²) in [4.78, 5) is 2.70. The van der Waals surface area contributed by atoms with Crippen LogP contribution < -0.4 is 5.32 Å². The van der Waals surface area contributed by atoms with E-state index in [1.807, 2.05) is 0 Å². The maximum Gasteiger partial charge on any atom is 0.0730 e. The molecule has 4 nitrogen and oxygen atoms in total. The lowest BCUT2D eigenvalue weighted by molar-refractivity contribution is -0.0720. The van der Waals surface area contributed by atoms with Crippen LogP contribution in [0.4, 0.5) is 0 Å². The van der Waals surface area contributed by atoms with Gasteiger partial charge in [0.1, 0.15) is 0 Å². The van der Waals surface area contributed by atoms with E-state index in [1.54, 1.807) is 0 Å². The van der Waals surface area contributed by atoms with Gasteiger partial charge >= 0.3 is 0 Å². The molecular weight excluding hydrogens is 252 g/mol. The molecule has 0 bridgehead atoms. The van der Waals surface area contributed by atoms with E-state index in [9.17, 15) is 0 Å². The molecular formula is C16H30N2O2. The maximum atomic E-state index is 5.92. The van der Waals surface area contributed by atoms with Crippen molar-refractivity contribution in [1.82, 2.24) is 10.2 Å². The molecule has 20 heavy (non-hydrogen) atoms. The third kappa shape index (κ3) is 3.35. The SMILES string of the molecule is CCCNC1CCOCC1CN1CCOC2CCCC21. The van der Waals surface area contributed by atoms with E-state index in [0.29, 0.717) is 24.1 Å². The summed E-state index contributed by atoms with van der Waals surface area (Å²) in [6, 6.07) is 1.32. The first kappa shape index (κ1) is 14.8. The molecule has 2 saturated heterocycles. The predicted molar refractivity (Wildman–Crippen MR) is 80.0 cm³/mol. The van der Waals surface area contributed by atoms with Crippen LogP contribution >= 0.6 is 0 Å². The molecule has 1 aliphatic carbocycles. The minimum Gasteiger partial charge on any atom is -0.381 e. The Balaban J connectivity index is 1.56. The molecule has 4 unspecified atom stereocenters. The smallest absolute Gasteiger partial charge is 0.0730 e. The largest absolute Gasteiger partial charge is 0.381 e. The molecule has 116 valence electrons. The summed E-state index contributed by atoms with van der Waals surface area (Å²) in [5, 5.41) is 3.73. The number of morpholine rings is 1. The topological polar surface area (TPSA) is 33.7 Å². The van der Waals surface area contributed by atoms with E-state index >= 15 is 0 Å². The standard InChI is InChI=1S/C16H30N2O2/c1-2-7-17-14-6-9-19-12-13(14)11-18-8-10-20-16-5-3-4-15(16)18/h13-17H,2-12H2,1H3. The summed E-state index contributed by atoms with van der Waals surface area (Å²) in [6.45, 7) is 8.44. The zero-order chi connectivity index (χ0) is 13.8. The van der Waals surface area contributed by atoms with Crippen LogP contribution in [0.2, 0.25) is 0 Å². The number of nitrogens with zero attached hydrogens (tertiary/aromatic N) is 1. The third-order valence-electron chi connectivity index (χ3n) is 5.20. The van der Waals surface area contributed by atoms with Crippen molar-refractivity contribution in [3.8, 4) is 0 Å². The molecule has 4 atom stereocenters. The molecule has 0 aromatic rings. The Morgan fingerprint density at radius 3 is 3.05 bits per heavy atom. The minimum absolute atomic E-state index is 0.510. The van der Waals surface area contributed by atoms with Crippen molar-refractivity contribution in [2.45, 2.75) is 57.2 Å². The number of ether oxygens (including phenoxy) is 2. The van der Waals surface area contributed by atoms with Crippen molar-refractivity contribution in [2.24, 2.45) is 5.92 Å². The van der Waals surface area contributed by atoms with Crippen LogP contribution in [0.1, 0.15) is 39.0 Å². The van der Waals surface area contributed by atoms with Gasteiger partial charge in [-0.25, -0.2) is 0 Å². The average Bonchev–Trinajstić information content (AvgIpc) is 2.96. The van der Waals surface area contributed by atoms with E-state index in [2.05, 4.69) is 17.1 Å². The molecule has 0 spiro atoms. The summed E-state index contributed by atoms with van der Waals surface area (Å²) >= 11 is 0. The Kier molecular flexibility index (Phi) is 5.32. The van der Waals surface area contributed by atoms with Gasteiger partial charge in [0.25, 0.3) is 0 Å². The van der Waals surface area contributed by atoms with Crippen molar-refractivity contribution in [1.29, 1.82) is 0 Å². The molecule has 4 heteroatoms. The fourth-order valence-corrected chi connectivity index (χ4v) is 4.11. The molecule has 0 radical (unpaired) electrons. The van der Waals surface area contributed by atoms with Crippen LogP contribution in [0.25, 0.3) is 0 Å². The first-order chi connectivity index (χ1) is 9.88. The summed E-state index contributed by atoms with van der Waals surface area (Å²) < 4.78 is 11.7. The summed E-state index contributed by atoms with van der Waals surface area (Å²) in [6.07, 6.45) is 6.82. The molecule has 3 aliphatic rings. The maximum absolute atomic E-state index is 5.92. The van der Waals surface area contributed by atoms with Gasteiger partial charge in [-0.2, -0.15) is 0 Å². The van der Waals surface area contributed by atoms with Crippen LogP contribution in [0, 0.1) is 5.92 Å². The third-order valence-corrected chi connectivity index (χ3v) is 5.20. The Morgan fingerprint density at radius 1 is 1.20 bits per heavy atom. The van der Waals surface area contributed by atoms with Crippen LogP contribution in [0.15, 0.2) is 0 Å². The molecule has 3 rings (SSSR count). The van der Waals surface area contributed by atoms with Gasteiger partial charge in [0.15, 0.2) is 0 Å². The first-order valence-electron chi connectivity index (χ1n) is 8.55. The predicted octanol–water partition coefficient (Wildman–Crippen LogP) is 1.64. The normalized spacial score (nSPS) is 38.9. The second kappa shape index (κ2) is 7.21. The lowest BCUT2D eigenvalue weighted by Crippen LogP contribution is -2.54. The molecule has 0 amide bonds. The van der Waals surface area contributed by atoms with Crippen LogP contribution in [0.5, 0.6) is 0 Å². The van der Waals surface area contributed by atoms with Crippen molar-refractivity contribution in [3.63, 3.8) is 0 Å². The number of rotatable bonds is 5. The highest BCUT2D eigenvalue weighted by atomic mass is 16.5. The zero-order valence-corrected chi connectivity index (χ0v) is 12.9. The number of hydrogen-bond acceptors (Lipinski definition) is 4. The van der Waals surface area contributed by atoms with Crippen molar-refractivity contribution >= 4 is 0 Å². The molecule has 1 saturated carbocycles. The summed E-state index contributed by atoms with van der Waals surface area (Å²) in [5.74, 6) is 0.648. The summed E-state index contributed by atoms with van der Waals surface area (Å²) in [7, 11) is 0. The van der Waals surface area contributed by atoms with E-state index in [-0.39, 0.29) is 0 Å². The number of nitrogens with one attached hydrogen (secondary N) is 1. The van der Waals surface area contributed by atoms with E-state index in [4.69, 9.17) is 9.47 Å². The zero-order valence-electron chi connectivity index (χ0n) is 12.9. The Bertz CT molecular complexity index is 300. The Morgan fingerprint density at radius 2 is 2.15 bits per heavy atom. The Hall–Kier alpha value is -0.160. The average molecular weight is 282 g/mol. The lowest BCUT2D eigenvalue weighted by atomic mass is 9.93. The second-order valence-corrected chi connectivity index (χ2v) is 6.59. The van der Waals surface area contributed by atoms with Crippen LogP contribution in [-0.4, -0.2) is 62.5 Å². The fraction of sp³-hybridized carbons (Fsp3) is 1.00. The van der Waals surface area contributed by atoms with Gasteiger partial charge < -0.3 is 14.8 Å². The lowest BCUT2D eigenvalue weighted by Gasteiger charge is -2.42. The second-order valence-electron chi connectivity index (χ2n) is 6.59. The number of hydrogen-bond donors (Lipinski definition) is 1. The van der Waals surface area contributed by atoms with Gasteiger partial charge in [0, 0.05) is 37.7 Å². The minimum atomic E-state index is 0.510. The van der Waals surface area contributed by atoms with Gasteiger partial charge in [0.2, 0.25) is 0 Å². The quantitative estimate of drug-likeness (QED) is 0.831. The van der Waals surface area contributed by atoms with E-state index in [0.717, 1.165) is 32.9 Å². The fourth-order valence-electron chi connectivity index (χ4n) is 4.11. The first-order valence-corrected chi connectivity index (χ1v) is 8.55. The highest BCUT2D eigenvalue weighted by Crippen LogP contribution is 2.31. The number of fused-ring (bicyclic) bond motifs is 1. The van der Waals surface area contributed by atoms with Crippen molar-refractivity contribution in [3.05, 3.63) is 0 Å². The van der Waals surface area contributed by atoms with Gasteiger partial charge in [-0.05, 0) is 38.6 Å². The van der Waals surface area contributed by atoms with E-state index in [1.165, 1.54) is 38.6 Å². The monoisotopic (exact) mass is 282 g/mol. The van der Waals surface area contributed by atoms with Gasteiger partial charge in [0.05, 0.1) is 19.3 Å². The highest BCUT2D eigenvalue weighted by molar-refractivity contribution is 4.92.